The highest BCUT2D eigenvalue weighted by atomic mass is 16.6. The zero-order valence-corrected chi connectivity index (χ0v) is 8.56. The van der Waals surface area contributed by atoms with E-state index in [1.165, 1.54) is 0 Å². The molecule has 1 saturated heterocycles. The molecule has 1 unspecified atom stereocenters. The molecule has 1 heterocycles. The van der Waals surface area contributed by atoms with Gasteiger partial charge in [-0.1, -0.05) is 6.58 Å². The molecule has 86 valence electrons. The van der Waals surface area contributed by atoms with Crippen LogP contribution in [-0.4, -0.2) is 42.9 Å². The molecular weight excluding hydrogens is 202 g/mol. The van der Waals surface area contributed by atoms with Crippen LogP contribution in [0.1, 0.15) is 6.92 Å². The van der Waals surface area contributed by atoms with Gasteiger partial charge in [-0.05, 0) is 6.92 Å². The smallest absolute Gasteiger partial charge is 0.333 e. The molecule has 0 bridgehead atoms. The van der Waals surface area contributed by atoms with Gasteiger partial charge in [0, 0.05) is 5.57 Å². The summed E-state index contributed by atoms with van der Waals surface area (Å²) < 4.78 is 9.60. The summed E-state index contributed by atoms with van der Waals surface area (Å²) in [6.45, 7) is 5.86. The van der Waals surface area contributed by atoms with Crippen LogP contribution in [0.15, 0.2) is 12.2 Å². The number of hydrogen-bond donors (Lipinski definition) is 2. The third-order valence-electron chi connectivity index (χ3n) is 1.33. The van der Waals surface area contributed by atoms with Crippen LogP contribution < -0.4 is 5.73 Å². The van der Waals surface area contributed by atoms with E-state index in [1.54, 1.807) is 6.92 Å². The molecular formula is C9H15NO5. The summed E-state index contributed by atoms with van der Waals surface area (Å²) in [5.74, 6) is -1.31. The van der Waals surface area contributed by atoms with Gasteiger partial charge in [-0.25, -0.2) is 4.79 Å². The first-order chi connectivity index (χ1) is 6.97. The van der Waals surface area contributed by atoms with Crippen LogP contribution in [0.5, 0.6) is 0 Å². The van der Waals surface area contributed by atoms with Crippen LogP contribution in [0, 0.1) is 0 Å². The van der Waals surface area contributed by atoms with Gasteiger partial charge >= 0.3 is 11.9 Å². The molecule has 0 aliphatic carbocycles. The number of rotatable bonds is 4. The number of epoxide rings is 1. The van der Waals surface area contributed by atoms with Crippen LogP contribution in [-0.2, 0) is 19.1 Å². The topological polar surface area (TPSA) is 102 Å². The number of nitrogens with two attached hydrogens (primary N) is 1. The summed E-state index contributed by atoms with van der Waals surface area (Å²) in [4.78, 5) is 19.9. The first-order valence-corrected chi connectivity index (χ1v) is 4.33. The lowest BCUT2D eigenvalue weighted by atomic mass is 10.4. The third-order valence-corrected chi connectivity index (χ3v) is 1.33. The third kappa shape index (κ3) is 8.92. The Morgan fingerprint density at radius 3 is 2.40 bits per heavy atom. The van der Waals surface area contributed by atoms with Crippen LogP contribution in [0.4, 0.5) is 0 Å². The summed E-state index contributed by atoms with van der Waals surface area (Å²) in [6, 6.07) is 0. The van der Waals surface area contributed by atoms with E-state index < -0.39 is 5.97 Å². The lowest BCUT2D eigenvalue weighted by Crippen LogP contribution is -2.10. The van der Waals surface area contributed by atoms with E-state index in [0.29, 0.717) is 18.8 Å². The normalized spacial score (nSPS) is 17.1. The van der Waals surface area contributed by atoms with Crippen LogP contribution >= 0.6 is 0 Å². The number of carboxylic acids is 1. The molecule has 0 amide bonds. The zero-order chi connectivity index (χ0) is 11.8. The van der Waals surface area contributed by atoms with Crippen molar-refractivity contribution in [2.75, 3.05) is 19.8 Å². The highest BCUT2D eigenvalue weighted by molar-refractivity contribution is 5.86. The summed E-state index contributed by atoms with van der Waals surface area (Å²) in [6.07, 6.45) is 0.142. The summed E-state index contributed by atoms with van der Waals surface area (Å²) in [7, 11) is 0. The largest absolute Gasteiger partial charge is 0.480 e. The van der Waals surface area contributed by atoms with Crippen molar-refractivity contribution in [3.63, 3.8) is 0 Å². The Balaban J connectivity index is 0.000000336. The van der Waals surface area contributed by atoms with Crippen LogP contribution in [0.2, 0.25) is 0 Å². The predicted octanol–water partition coefficient (Wildman–Crippen LogP) is -0.466. The van der Waals surface area contributed by atoms with Crippen molar-refractivity contribution in [1.82, 2.24) is 0 Å². The van der Waals surface area contributed by atoms with Crippen molar-refractivity contribution in [2.45, 2.75) is 13.0 Å². The Bertz CT molecular complexity index is 247. The monoisotopic (exact) mass is 217 g/mol. The first-order valence-electron chi connectivity index (χ1n) is 4.33. The van der Waals surface area contributed by atoms with Gasteiger partial charge in [0.15, 0.2) is 0 Å². The van der Waals surface area contributed by atoms with E-state index in [4.69, 9.17) is 14.6 Å². The number of aliphatic carboxylic acids is 1. The minimum atomic E-state index is -0.968. The maximum Gasteiger partial charge on any atom is 0.333 e. The number of hydrogen-bond acceptors (Lipinski definition) is 5. The molecule has 6 heteroatoms. The SMILES string of the molecule is C=C(C)C(=O)OCC1CO1.NCC(=O)O. The van der Waals surface area contributed by atoms with E-state index in [2.05, 4.69) is 12.3 Å². The molecule has 1 aliphatic heterocycles. The van der Waals surface area contributed by atoms with Gasteiger partial charge in [-0.2, -0.15) is 0 Å². The van der Waals surface area contributed by atoms with Gasteiger partial charge < -0.3 is 20.3 Å². The van der Waals surface area contributed by atoms with Crippen molar-refractivity contribution >= 4 is 11.9 Å². The Labute approximate surface area is 87.7 Å². The number of carbonyl (C=O) groups excluding carboxylic acids is 1. The minimum absolute atomic E-state index is 0.142. The molecule has 1 aliphatic rings. The van der Waals surface area contributed by atoms with E-state index >= 15 is 0 Å². The fourth-order valence-electron chi connectivity index (χ4n) is 0.456. The summed E-state index contributed by atoms with van der Waals surface area (Å²) in [5, 5.41) is 7.60. The predicted molar refractivity (Wildman–Crippen MR) is 52.2 cm³/mol. The van der Waals surface area contributed by atoms with Gasteiger partial charge in [0.25, 0.3) is 0 Å². The Morgan fingerprint density at radius 1 is 1.67 bits per heavy atom. The number of carboxylic acid groups (broad SMARTS) is 1. The maximum atomic E-state index is 10.7. The Kier molecular flexibility index (Phi) is 6.32. The highest BCUT2D eigenvalue weighted by Gasteiger charge is 2.24. The van der Waals surface area contributed by atoms with Gasteiger partial charge in [0.2, 0.25) is 0 Å². The highest BCUT2D eigenvalue weighted by Crippen LogP contribution is 2.09. The van der Waals surface area contributed by atoms with Gasteiger partial charge in [-0.15, -0.1) is 0 Å². The molecule has 1 fully saturated rings. The van der Waals surface area contributed by atoms with Crippen LogP contribution in [0.25, 0.3) is 0 Å². The van der Waals surface area contributed by atoms with E-state index in [1.807, 2.05) is 0 Å². The van der Waals surface area contributed by atoms with Crippen molar-refractivity contribution in [2.24, 2.45) is 5.73 Å². The second kappa shape index (κ2) is 6.97. The lowest BCUT2D eigenvalue weighted by molar-refractivity contribution is -0.139. The molecule has 1 atom stereocenters. The molecule has 0 aromatic carbocycles. The fourth-order valence-corrected chi connectivity index (χ4v) is 0.456. The van der Waals surface area contributed by atoms with Gasteiger partial charge in [0.1, 0.15) is 12.7 Å². The second-order valence-corrected chi connectivity index (χ2v) is 2.93. The number of ether oxygens (including phenoxy) is 2. The second-order valence-electron chi connectivity index (χ2n) is 2.93. The lowest BCUT2D eigenvalue weighted by Gasteiger charge is -1.99. The van der Waals surface area contributed by atoms with Crippen molar-refractivity contribution in [3.8, 4) is 0 Å². The van der Waals surface area contributed by atoms with Gasteiger partial charge in [0.05, 0.1) is 13.2 Å². The Hall–Kier alpha value is -1.40. The maximum absolute atomic E-state index is 10.7. The average Bonchev–Trinajstić information content (AvgIpc) is 2.98. The van der Waals surface area contributed by atoms with Crippen molar-refractivity contribution in [3.05, 3.63) is 12.2 Å². The standard InChI is InChI=1S/C7H10O3.C2H5NO2/c1-5(2)7(8)10-4-6-3-9-6;3-1-2(4)5/h6H,1,3-4H2,2H3;1,3H2,(H,4,5). The zero-order valence-electron chi connectivity index (χ0n) is 8.56. The Morgan fingerprint density at radius 2 is 2.13 bits per heavy atom. The summed E-state index contributed by atoms with van der Waals surface area (Å²) in [5.41, 5.74) is 5.00. The van der Waals surface area contributed by atoms with Crippen molar-refractivity contribution < 1.29 is 24.2 Å². The van der Waals surface area contributed by atoms with E-state index in [0.717, 1.165) is 0 Å². The molecule has 0 spiro atoms. The molecule has 0 aromatic rings. The average molecular weight is 217 g/mol. The van der Waals surface area contributed by atoms with Crippen molar-refractivity contribution in [1.29, 1.82) is 0 Å². The quantitative estimate of drug-likeness (QED) is 0.375. The van der Waals surface area contributed by atoms with Crippen LogP contribution in [0.3, 0.4) is 0 Å². The molecule has 0 saturated carbocycles. The van der Waals surface area contributed by atoms with Gasteiger partial charge in [-0.3, -0.25) is 4.79 Å². The van der Waals surface area contributed by atoms with E-state index in [-0.39, 0.29) is 18.6 Å². The molecule has 0 aromatic heterocycles. The van der Waals surface area contributed by atoms with E-state index in [9.17, 15) is 9.59 Å². The molecule has 0 radical (unpaired) electrons. The molecule has 3 N–H and O–H groups in total. The number of carbonyl (C=O) groups is 2. The molecule has 15 heavy (non-hydrogen) atoms. The first kappa shape index (κ1) is 13.6. The number of esters is 1. The molecule has 1 rings (SSSR count). The fraction of sp³-hybridized carbons (Fsp3) is 0.556. The molecule has 6 nitrogen and oxygen atoms in total. The summed E-state index contributed by atoms with van der Waals surface area (Å²) >= 11 is 0. The minimum Gasteiger partial charge on any atom is -0.480 e.